The first-order chi connectivity index (χ1) is 11.6. The van der Waals surface area contributed by atoms with E-state index in [2.05, 4.69) is 22.3 Å². The maximum atomic E-state index is 12.4. The van der Waals surface area contributed by atoms with Crippen LogP contribution in [-0.2, 0) is 11.3 Å². The molecule has 0 aromatic carbocycles. The number of ether oxygens (including phenoxy) is 1. The SMILES string of the molecule is CCC1(C)CN(C(=O)Nc2cnn(Cc3ccccn3)c2)CCO1. The van der Waals surface area contributed by atoms with Gasteiger partial charge in [-0.2, -0.15) is 5.10 Å². The molecule has 0 aliphatic carbocycles. The zero-order valence-corrected chi connectivity index (χ0v) is 14.1. The Morgan fingerprint density at radius 3 is 3.08 bits per heavy atom. The molecule has 3 rings (SSSR count). The van der Waals surface area contributed by atoms with Gasteiger partial charge < -0.3 is 15.0 Å². The third-order valence-electron chi connectivity index (χ3n) is 4.31. The molecule has 128 valence electrons. The fraction of sp³-hybridized carbons (Fsp3) is 0.471. The number of carbonyl (C=O) groups excluding carboxylic acids is 1. The molecule has 1 atom stereocenters. The highest BCUT2D eigenvalue weighted by Crippen LogP contribution is 2.21. The first-order valence-corrected chi connectivity index (χ1v) is 8.20. The standard InChI is InChI=1S/C17H23N5O2/c1-3-17(2)13-21(8-9-24-17)16(23)20-15-10-19-22(12-15)11-14-6-4-5-7-18-14/h4-7,10,12H,3,8-9,11,13H2,1-2H3,(H,20,23). The number of hydrogen-bond acceptors (Lipinski definition) is 4. The molecule has 0 bridgehead atoms. The molecular weight excluding hydrogens is 306 g/mol. The zero-order chi connectivity index (χ0) is 17.0. The maximum absolute atomic E-state index is 12.4. The van der Waals surface area contributed by atoms with E-state index < -0.39 is 0 Å². The number of hydrogen-bond donors (Lipinski definition) is 1. The summed E-state index contributed by atoms with van der Waals surface area (Å²) >= 11 is 0. The second kappa shape index (κ2) is 7.00. The summed E-state index contributed by atoms with van der Waals surface area (Å²) in [5.74, 6) is 0. The Morgan fingerprint density at radius 1 is 1.46 bits per heavy atom. The molecule has 0 radical (unpaired) electrons. The summed E-state index contributed by atoms with van der Waals surface area (Å²) in [4.78, 5) is 18.5. The smallest absolute Gasteiger partial charge is 0.322 e. The van der Waals surface area contributed by atoms with Crippen LogP contribution in [0.25, 0.3) is 0 Å². The molecule has 24 heavy (non-hydrogen) atoms. The van der Waals surface area contributed by atoms with Crippen molar-refractivity contribution in [3.05, 3.63) is 42.5 Å². The number of aromatic nitrogens is 3. The lowest BCUT2D eigenvalue weighted by Gasteiger charge is -2.39. The lowest BCUT2D eigenvalue weighted by Crippen LogP contribution is -2.52. The summed E-state index contributed by atoms with van der Waals surface area (Å²) in [6, 6.07) is 5.65. The molecule has 0 spiro atoms. The molecule has 2 aromatic heterocycles. The first kappa shape index (κ1) is 16.4. The van der Waals surface area contributed by atoms with Crippen LogP contribution < -0.4 is 5.32 Å². The van der Waals surface area contributed by atoms with E-state index >= 15 is 0 Å². The molecule has 1 aliphatic heterocycles. The highest BCUT2D eigenvalue weighted by molar-refractivity contribution is 5.89. The highest BCUT2D eigenvalue weighted by atomic mass is 16.5. The van der Waals surface area contributed by atoms with Gasteiger partial charge in [-0.1, -0.05) is 13.0 Å². The van der Waals surface area contributed by atoms with E-state index in [0.29, 0.717) is 31.9 Å². The Kier molecular flexibility index (Phi) is 4.80. The lowest BCUT2D eigenvalue weighted by atomic mass is 10.0. The number of urea groups is 1. The van der Waals surface area contributed by atoms with Gasteiger partial charge in [-0.25, -0.2) is 4.79 Å². The second-order valence-electron chi connectivity index (χ2n) is 6.25. The van der Waals surface area contributed by atoms with Gasteiger partial charge in [0.2, 0.25) is 0 Å². The van der Waals surface area contributed by atoms with Gasteiger partial charge in [0, 0.05) is 18.9 Å². The summed E-state index contributed by atoms with van der Waals surface area (Å²) in [6.07, 6.45) is 6.09. The van der Waals surface area contributed by atoms with Gasteiger partial charge in [0.05, 0.1) is 42.9 Å². The van der Waals surface area contributed by atoms with Crippen LogP contribution in [0.4, 0.5) is 10.5 Å². The summed E-state index contributed by atoms with van der Waals surface area (Å²) in [6.45, 7) is 6.44. The number of anilines is 1. The van der Waals surface area contributed by atoms with Crippen LogP contribution in [0.1, 0.15) is 26.0 Å². The number of amides is 2. The number of nitrogens with zero attached hydrogens (tertiary/aromatic N) is 4. The Morgan fingerprint density at radius 2 is 2.33 bits per heavy atom. The first-order valence-electron chi connectivity index (χ1n) is 8.20. The van der Waals surface area contributed by atoms with E-state index in [-0.39, 0.29) is 11.6 Å². The topological polar surface area (TPSA) is 72.3 Å². The molecular formula is C17H23N5O2. The number of pyridine rings is 1. The zero-order valence-electron chi connectivity index (χ0n) is 14.1. The molecule has 2 aromatic rings. The van der Waals surface area contributed by atoms with E-state index in [0.717, 1.165) is 12.1 Å². The van der Waals surface area contributed by atoms with Gasteiger partial charge in [-0.05, 0) is 25.5 Å². The minimum atomic E-state index is -0.265. The number of nitrogens with one attached hydrogen (secondary N) is 1. The van der Waals surface area contributed by atoms with Crippen LogP contribution >= 0.6 is 0 Å². The molecule has 1 fully saturated rings. The fourth-order valence-corrected chi connectivity index (χ4v) is 2.69. The Hall–Kier alpha value is -2.41. The van der Waals surface area contributed by atoms with Crippen molar-refractivity contribution in [1.29, 1.82) is 0 Å². The number of carbonyl (C=O) groups is 1. The van der Waals surface area contributed by atoms with E-state index in [9.17, 15) is 4.79 Å². The van der Waals surface area contributed by atoms with Gasteiger partial charge in [0.15, 0.2) is 0 Å². The third-order valence-corrected chi connectivity index (χ3v) is 4.31. The number of rotatable bonds is 4. The summed E-state index contributed by atoms with van der Waals surface area (Å²) in [5, 5.41) is 7.18. The van der Waals surface area contributed by atoms with Gasteiger partial charge >= 0.3 is 6.03 Å². The van der Waals surface area contributed by atoms with E-state index in [1.807, 2.05) is 31.3 Å². The van der Waals surface area contributed by atoms with Crippen molar-refractivity contribution in [3.8, 4) is 0 Å². The fourth-order valence-electron chi connectivity index (χ4n) is 2.69. The molecule has 7 nitrogen and oxygen atoms in total. The molecule has 2 amide bonds. The quantitative estimate of drug-likeness (QED) is 0.934. The predicted molar refractivity (Wildman–Crippen MR) is 90.8 cm³/mol. The molecule has 1 saturated heterocycles. The Bertz CT molecular complexity index is 687. The van der Waals surface area contributed by atoms with Crippen molar-refractivity contribution in [1.82, 2.24) is 19.7 Å². The lowest BCUT2D eigenvalue weighted by molar-refractivity contribution is -0.0860. The maximum Gasteiger partial charge on any atom is 0.322 e. The van der Waals surface area contributed by atoms with Crippen LogP contribution in [0.5, 0.6) is 0 Å². The minimum Gasteiger partial charge on any atom is -0.372 e. The van der Waals surface area contributed by atoms with Crippen molar-refractivity contribution in [2.45, 2.75) is 32.4 Å². The van der Waals surface area contributed by atoms with Crippen molar-refractivity contribution in [2.24, 2.45) is 0 Å². The average Bonchev–Trinajstić information content (AvgIpc) is 3.03. The van der Waals surface area contributed by atoms with Crippen molar-refractivity contribution in [3.63, 3.8) is 0 Å². The van der Waals surface area contributed by atoms with E-state index in [4.69, 9.17) is 4.74 Å². The van der Waals surface area contributed by atoms with Crippen molar-refractivity contribution < 1.29 is 9.53 Å². The normalized spacial score (nSPS) is 20.8. The number of morpholine rings is 1. The van der Waals surface area contributed by atoms with Gasteiger partial charge in [-0.3, -0.25) is 9.67 Å². The van der Waals surface area contributed by atoms with Crippen LogP contribution in [0.2, 0.25) is 0 Å². The summed E-state index contributed by atoms with van der Waals surface area (Å²) in [7, 11) is 0. The summed E-state index contributed by atoms with van der Waals surface area (Å²) < 4.78 is 7.53. The monoisotopic (exact) mass is 329 g/mol. The van der Waals surface area contributed by atoms with Gasteiger partial charge in [-0.15, -0.1) is 0 Å². The second-order valence-corrected chi connectivity index (χ2v) is 6.25. The molecule has 1 N–H and O–H groups in total. The van der Waals surface area contributed by atoms with Crippen LogP contribution in [-0.4, -0.2) is 51.0 Å². The molecule has 1 unspecified atom stereocenters. The van der Waals surface area contributed by atoms with Gasteiger partial charge in [0.1, 0.15) is 0 Å². The third kappa shape index (κ3) is 3.91. The van der Waals surface area contributed by atoms with E-state index in [1.54, 1.807) is 22.0 Å². The van der Waals surface area contributed by atoms with Gasteiger partial charge in [0.25, 0.3) is 0 Å². The average molecular weight is 329 g/mol. The molecule has 0 saturated carbocycles. The highest BCUT2D eigenvalue weighted by Gasteiger charge is 2.32. The predicted octanol–water partition coefficient (Wildman–Crippen LogP) is 2.36. The van der Waals surface area contributed by atoms with Crippen molar-refractivity contribution in [2.75, 3.05) is 25.0 Å². The molecule has 3 heterocycles. The van der Waals surface area contributed by atoms with Crippen molar-refractivity contribution >= 4 is 11.7 Å². The largest absolute Gasteiger partial charge is 0.372 e. The molecule has 7 heteroatoms. The van der Waals surface area contributed by atoms with Crippen LogP contribution in [0.15, 0.2) is 36.8 Å². The Balaban J connectivity index is 1.59. The van der Waals surface area contributed by atoms with Crippen LogP contribution in [0.3, 0.4) is 0 Å². The van der Waals surface area contributed by atoms with Crippen LogP contribution in [0, 0.1) is 0 Å². The molecule has 1 aliphatic rings. The van der Waals surface area contributed by atoms with E-state index in [1.165, 1.54) is 0 Å². The summed E-state index contributed by atoms with van der Waals surface area (Å²) in [5.41, 5.74) is 1.34. The Labute approximate surface area is 141 Å². The minimum absolute atomic E-state index is 0.115.